The molecule has 0 saturated heterocycles. The van der Waals surface area contributed by atoms with Crippen LogP contribution in [-0.2, 0) is 20.4 Å². The normalized spacial score (nSPS) is 7.27. The number of nitrogens with one attached hydrogen (secondary N) is 2. The van der Waals surface area contributed by atoms with Crippen molar-refractivity contribution in [3.05, 3.63) is 37.4 Å². The molecule has 0 radical (unpaired) electrons. The zero-order valence-corrected chi connectivity index (χ0v) is 7.23. The first-order valence-corrected chi connectivity index (χ1v) is 2.85. The summed E-state index contributed by atoms with van der Waals surface area (Å²) in [6.45, 7) is 0. The SMILES string of the molecule is [Pd].c1c[nH]cn1.c1c[nH]cn1. The third-order valence-electron chi connectivity index (χ3n) is 0.812. The molecule has 0 aliphatic carbocycles. The molecule has 62 valence electrons. The van der Waals surface area contributed by atoms with Gasteiger partial charge in [0.05, 0.1) is 12.7 Å². The molecule has 0 unspecified atom stereocenters. The fourth-order valence-corrected chi connectivity index (χ4v) is 0.430. The Bertz CT molecular complexity index is 154. The van der Waals surface area contributed by atoms with Crippen molar-refractivity contribution < 1.29 is 20.4 Å². The molecule has 0 atom stereocenters. The van der Waals surface area contributed by atoms with Crippen molar-refractivity contribution in [1.82, 2.24) is 19.9 Å². The average Bonchev–Trinajstić information content (AvgIpc) is 2.67. The number of aromatic nitrogens is 4. The van der Waals surface area contributed by atoms with E-state index in [2.05, 4.69) is 19.9 Å². The molecule has 2 aromatic rings. The Balaban J connectivity index is 0.000000167. The van der Waals surface area contributed by atoms with E-state index in [0.29, 0.717) is 0 Å². The Hall–Kier alpha value is -0.918. The van der Waals surface area contributed by atoms with E-state index < -0.39 is 0 Å². The number of aromatic amines is 2. The molecule has 2 heterocycles. The number of nitrogens with zero attached hydrogens (tertiary/aromatic N) is 2. The summed E-state index contributed by atoms with van der Waals surface area (Å²) in [6.07, 6.45) is 10.2. The zero-order valence-electron chi connectivity index (χ0n) is 5.67. The molecule has 0 spiro atoms. The van der Waals surface area contributed by atoms with Crippen molar-refractivity contribution in [3.8, 4) is 0 Å². The Morgan fingerprint density at radius 2 is 1.27 bits per heavy atom. The van der Waals surface area contributed by atoms with E-state index in [4.69, 9.17) is 0 Å². The van der Waals surface area contributed by atoms with Gasteiger partial charge in [-0.2, -0.15) is 0 Å². The van der Waals surface area contributed by atoms with Crippen LogP contribution < -0.4 is 0 Å². The maximum absolute atomic E-state index is 3.67. The van der Waals surface area contributed by atoms with Gasteiger partial charge in [-0.15, -0.1) is 0 Å². The molecule has 2 rings (SSSR count). The second-order valence-corrected chi connectivity index (χ2v) is 1.52. The fraction of sp³-hybridized carbons (Fsp3) is 0. The van der Waals surface area contributed by atoms with Crippen LogP contribution in [0.25, 0.3) is 0 Å². The third kappa shape index (κ3) is 5.52. The van der Waals surface area contributed by atoms with Gasteiger partial charge in [0.25, 0.3) is 0 Å². The molecule has 2 aromatic heterocycles. The predicted octanol–water partition coefficient (Wildman–Crippen LogP) is 0.817. The predicted molar refractivity (Wildman–Crippen MR) is 37.2 cm³/mol. The summed E-state index contributed by atoms with van der Waals surface area (Å²) in [6, 6.07) is 0. The van der Waals surface area contributed by atoms with Gasteiger partial charge in [0.2, 0.25) is 0 Å². The summed E-state index contributed by atoms with van der Waals surface area (Å²) >= 11 is 0. The van der Waals surface area contributed by atoms with Crippen molar-refractivity contribution >= 4 is 0 Å². The van der Waals surface area contributed by atoms with Gasteiger partial charge in [0.15, 0.2) is 0 Å². The van der Waals surface area contributed by atoms with Crippen LogP contribution in [0.2, 0.25) is 0 Å². The van der Waals surface area contributed by atoms with Gasteiger partial charge in [0.1, 0.15) is 0 Å². The molecule has 0 aliphatic rings. The molecule has 4 nitrogen and oxygen atoms in total. The number of H-pyrrole nitrogens is 2. The Labute approximate surface area is 78.1 Å². The van der Waals surface area contributed by atoms with Gasteiger partial charge in [-0.3, -0.25) is 0 Å². The first kappa shape index (κ1) is 10.1. The molecular formula is C6H8N4Pd. The second-order valence-electron chi connectivity index (χ2n) is 1.52. The zero-order chi connectivity index (χ0) is 7.07. The molecular weight excluding hydrogens is 235 g/mol. The Kier molecular flexibility index (Phi) is 6.59. The van der Waals surface area contributed by atoms with Crippen LogP contribution in [0, 0.1) is 0 Å². The number of hydrogen-bond acceptors (Lipinski definition) is 2. The van der Waals surface area contributed by atoms with E-state index in [1.807, 2.05) is 0 Å². The minimum Gasteiger partial charge on any atom is -0.351 e. The summed E-state index contributed by atoms with van der Waals surface area (Å²) in [5.74, 6) is 0. The molecule has 11 heavy (non-hydrogen) atoms. The first-order chi connectivity index (χ1) is 5.00. The first-order valence-electron chi connectivity index (χ1n) is 2.85. The van der Waals surface area contributed by atoms with Crippen molar-refractivity contribution in [2.75, 3.05) is 0 Å². The molecule has 0 fully saturated rings. The Morgan fingerprint density at radius 3 is 1.36 bits per heavy atom. The largest absolute Gasteiger partial charge is 0.351 e. The van der Waals surface area contributed by atoms with E-state index in [9.17, 15) is 0 Å². The minimum absolute atomic E-state index is 0. The van der Waals surface area contributed by atoms with Crippen LogP contribution >= 0.6 is 0 Å². The van der Waals surface area contributed by atoms with Crippen molar-refractivity contribution in [3.63, 3.8) is 0 Å². The molecule has 0 aromatic carbocycles. The fourth-order valence-electron chi connectivity index (χ4n) is 0.430. The average molecular weight is 243 g/mol. The van der Waals surface area contributed by atoms with Crippen molar-refractivity contribution in [2.24, 2.45) is 0 Å². The van der Waals surface area contributed by atoms with Gasteiger partial charge in [0, 0.05) is 45.2 Å². The van der Waals surface area contributed by atoms with Gasteiger partial charge in [-0.25, -0.2) is 9.97 Å². The summed E-state index contributed by atoms with van der Waals surface area (Å²) in [4.78, 5) is 12.8. The van der Waals surface area contributed by atoms with Crippen LogP contribution in [0.3, 0.4) is 0 Å². The molecule has 5 heteroatoms. The van der Waals surface area contributed by atoms with Crippen LogP contribution in [0.4, 0.5) is 0 Å². The third-order valence-corrected chi connectivity index (χ3v) is 0.812. The van der Waals surface area contributed by atoms with E-state index in [1.165, 1.54) is 0 Å². The van der Waals surface area contributed by atoms with Gasteiger partial charge >= 0.3 is 0 Å². The summed E-state index contributed by atoms with van der Waals surface area (Å²) < 4.78 is 0. The van der Waals surface area contributed by atoms with Crippen molar-refractivity contribution in [1.29, 1.82) is 0 Å². The van der Waals surface area contributed by atoms with E-state index in [1.54, 1.807) is 37.4 Å². The Morgan fingerprint density at radius 1 is 0.818 bits per heavy atom. The number of rotatable bonds is 0. The summed E-state index contributed by atoms with van der Waals surface area (Å²) in [7, 11) is 0. The molecule has 0 saturated carbocycles. The van der Waals surface area contributed by atoms with Gasteiger partial charge < -0.3 is 9.97 Å². The second kappa shape index (κ2) is 7.19. The standard InChI is InChI=1S/2C3H4N2.Pd/c2*1-2-5-3-4-1;/h2*1-3H,(H,4,5);. The van der Waals surface area contributed by atoms with Crippen LogP contribution in [0.1, 0.15) is 0 Å². The molecule has 2 N–H and O–H groups in total. The van der Waals surface area contributed by atoms with Crippen LogP contribution in [-0.4, -0.2) is 19.9 Å². The topological polar surface area (TPSA) is 57.4 Å². The number of imidazole rings is 2. The number of hydrogen-bond donors (Lipinski definition) is 2. The van der Waals surface area contributed by atoms with E-state index in [0.717, 1.165) is 0 Å². The summed E-state index contributed by atoms with van der Waals surface area (Å²) in [5.41, 5.74) is 0. The molecule has 0 bridgehead atoms. The maximum atomic E-state index is 3.67. The quantitative estimate of drug-likeness (QED) is 0.672. The van der Waals surface area contributed by atoms with Crippen LogP contribution in [0.15, 0.2) is 37.4 Å². The van der Waals surface area contributed by atoms with Crippen LogP contribution in [0.5, 0.6) is 0 Å². The molecule has 0 aliphatic heterocycles. The minimum atomic E-state index is 0. The summed E-state index contributed by atoms with van der Waals surface area (Å²) in [5, 5.41) is 0. The van der Waals surface area contributed by atoms with Gasteiger partial charge in [-0.05, 0) is 0 Å². The van der Waals surface area contributed by atoms with Gasteiger partial charge in [-0.1, -0.05) is 0 Å². The molecule has 0 amide bonds. The van der Waals surface area contributed by atoms with E-state index >= 15 is 0 Å². The van der Waals surface area contributed by atoms with Crippen molar-refractivity contribution in [2.45, 2.75) is 0 Å². The maximum Gasteiger partial charge on any atom is 0.0919 e. The van der Waals surface area contributed by atoms with E-state index in [-0.39, 0.29) is 20.4 Å². The smallest absolute Gasteiger partial charge is 0.0919 e. The monoisotopic (exact) mass is 242 g/mol.